The van der Waals surface area contributed by atoms with Crippen LogP contribution in [0.15, 0.2) is 29.2 Å². The minimum atomic E-state index is 0.244. The van der Waals surface area contributed by atoms with Crippen molar-refractivity contribution in [2.24, 2.45) is 11.8 Å². The number of hydrogen-bond donors (Lipinski definition) is 2. The number of rotatable bonds is 7. The van der Waals surface area contributed by atoms with Gasteiger partial charge in [-0.15, -0.1) is 11.8 Å². The number of benzene rings is 1. The summed E-state index contributed by atoms with van der Waals surface area (Å²) in [6.07, 6.45) is 0. The first kappa shape index (κ1) is 14.4. The van der Waals surface area contributed by atoms with Crippen molar-refractivity contribution in [1.82, 2.24) is 0 Å². The molecule has 0 aliphatic carbocycles. The smallest absolute Gasteiger partial charge is 0.0478 e. The van der Waals surface area contributed by atoms with E-state index in [0.29, 0.717) is 11.8 Å². The van der Waals surface area contributed by atoms with Crippen LogP contribution in [0.3, 0.4) is 0 Å². The Hall–Kier alpha value is -0.670. The number of hydrogen-bond acceptors (Lipinski definition) is 3. The average Bonchev–Trinajstić information content (AvgIpc) is 2.32. The molecule has 3 heteroatoms. The van der Waals surface area contributed by atoms with Crippen LogP contribution in [0.5, 0.6) is 0 Å². The van der Waals surface area contributed by atoms with E-state index in [1.165, 1.54) is 4.90 Å². The fourth-order valence-corrected chi connectivity index (χ4v) is 2.26. The zero-order chi connectivity index (χ0) is 12.7. The highest BCUT2D eigenvalue weighted by Crippen LogP contribution is 2.20. The molecule has 2 nitrogen and oxygen atoms in total. The van der Waals surface area contributed by atoms with E-state index in [4.69, 9.17) is 0 Å². The number of aliphatic hydroxyl groups is 1. The van der Waals surface area contributed by atoms with E-state index in [-0.39, 0.29) is 6.61 Å². The summed E-state index contributed by atoms with van der Waals surface area (Å²) in [5.41, 5.74) is 1.13. The normalized spacial score (nSPS) is 12.8. The van der Waals surface area contributed by atoms with Gasteiger partial charge in [-0.1, -0.05) is 20.8 Å². The predicted octanol–water partition coefficient (Wildman–Crippen LogP) is 3.48. The summed E-state index contributed by atoms with van der Waals surface area (Å²) in [7, 11) is 0. The third kappa shape index (κ3) is 5.00. The molecule has 0 aliphatic heterocycles. The Bertz CT molecular complexity index is 311. The number of nitrogens with one attached hydrogen (secondary N) is 1. The summed E-state index contributed by atoms with van der Waals surface area (Å²) in [5, 5.41) is 12.6. The minimum absolute atomic E-state index is 0.244. The van der Waals surface area contributed by atoms with Gasteiger partial charge in [0.05, 0.1) is 0 Å². The van der Waals surface area contributed by atoms with Crippen LogP contribution in [0.4, 0.5) is 5.69 Å². The maximum Gasteiger partial charge on any atom is 0.0478 e. The fraction of sp³-hybridized carbons (Fsp3) is 0.571. The van der Waals surface area contributed by atoms with Crippen molar-refractivity contribution in [2.45, 2.75) is 25.7 Å². The molecule has 17 heavy (non-hydrogen) atoms. The molecule has 0 saturated carbocycles. The first-order valence-electron chi connectivity index (χ1n) is 6.25. The lowest BCUT2D eigenvalue weighted by atomic mass is 9.97. The van der Waals surface area contributed by atoms with E-state index >= 15 is 0 Å². The van der Waals surface area contributed by atoms with E-state index in [1.54, 1.807) is 0 Å². The highest BCUT2D eigenvalue weighted by molar-refractivity contribution is 7.99. The highest BCUT2D eigenvalue weighted by atomic mass is 32.2. The second-order valence-corrected chi connectivity index (χ2v) is 5.86. The van der Waals surface area contributed by atoms with Gasteiger partial charge in [0, 0.05) is 29.7 Å². The largest absolute Gasteiger partial charge is 0.396 e. The summed E-state index contributed by atoms with van der Waals surface area (Å²) in [6, 6.07) is 8.49. The minimum Gasteiger partial charge on any atom is -0.396 e. The standard InChI is InChI=1S/C14H23NOS/c1-4-17-14-7-5-13(6-8-14)15-9-12(10-16)11(2)3/h5-8,11-12,15-16H,4,9-10H2,1-3H3. The van der Waals surface area contributed by atoms with Crippen LogP contribution in [-0.4, -0.2) is 24.0 Å². The Kier molecular flexibility index (Phi) is 6.45. The van der Waals surface area contributed by atoms with Crippen LogP contribution in [0.1, 0.15) is 20.8 Å². The topological polar surface area (TPSA) is 32.3 Å². The van der Waals surface area contributed by atoms with E-state index in [9.17, 15) is 5.11 Å². The molecule has 0 bridgehead atoms. The molecule has 1 unspecified atom stereocenters. The molecule has 0 fully saturated rings. The maximum atomic E-state index is 9.25. The average molecular weight is 253 g/mol. The molecular weight excluding hydrogens is 230 g/mol. The first-order valence-corrected chi connectivity index (χ1v) is 7.23. The molecule has 0 aromatic heterocycles. The molecule has 0 aliphatic rings. The Labute approximate surface area is 109 Å². The molecule has 0 saturated heterocycles. The van der Waals surface area contributed by atoms with Crippen molar-refractivity contribution in [2.75, 3.05) is 24.2 Å². The number of thioether (sulfide) groups is 1. The molecule has 96 valence electrons. The van der Waals surface area contributed by atoms with E-state index in [1.807, 2.05) is 11.8 Å². The third-order valence-corrected chi connectivity index (χ3v) is 3.81. The van der Waals surface area contributed by atoms with Crippen LogP contribution >= 0.6 is 11.8 Å². The van der Waals surface area contributed by atoms with E-state index in [0.717, 1.165) is 18.0 Å². The number of anilines is 1. The van der Waals surface area contributed by atoms with Crippen molar-refractivity contribution in [3.05, 3.63) is 24.3 Å². The van der Waals surface area contributed by atoms with Crippen LogP contribution in [0, 0.1) is 11.8 Å². The van der Waals surface area contributed by atoms with E-state index in [2.05, 4.69) is 50.4 Å². The zero-order valence-electron chi connectivity index (χ0n) is 10.9. The first-order chi connectivity index (χ1) is 8.17. The number of aliphatic hydroxyl groups excluding tert-OH is 1. The SMILES string of the molecule is CCSc1ccc(NCC(CO)C(C)C)cc1. The predicted molar refractivity (Wildman–Crippen MR) is 76.7 cm³/mol. The van der Waals surface area contributed by atoms with Crippen molar-refractivity contribution >= 4 is 17.4 Å². The van der Waals surface area contributed by atoms with Gasteiger partial charge >= 0.3 is 0 Å². The Morgan fingerprint density at radius 2 is 1.88 bits per heavy atom. The Morgan fingerprint density at radius 1 is 1.24 bits per heavy atom. The lowest BCUT2D eigenvalue weighted by Gasteiger charge is -2.19. The van der Waals surface area contributed by atoms with Gasteiger partial charge in [-0.3, -0.25) is 0 Å². The highest BCUT2D eigenvalue weighted by Gasteiger charge is 2.11. The van der Waals surface area contributed by atoms with Crippen molar-refractivity contribution in [3.8, 4) is 0 Å². The molecular formula is C14H23NOS. The van der Waals surface area contributed by atoms with Crippen molar-refractivity contribution in [3.63, 3.8) is 0 Å². The van der Waals surface area contributed by atoms with Gasteiger partial charge in [0.2, 0.25) is 0 Å². The van der Waals surface area contributed by atoms with Gasteiger partial charge < -0.3 is 10.4 Å². The monoisotopic (exact) mass is 253 g/mol. The summed E-state index contributed by atoms with van der Waals surface area (Å²) in [5.74, 6) is 1.93. The second-order valence-electron chi connectivity index (χ2n) is 4.52. The molecule has 1 aromatic carbocycles. The van der Waals surface area contributed by atoms with Gasteiger partial charge in [0.1, 0.15) is 0 Å². The molecule has 0 spiro atoms. The summed E-state index contributed by atoms with van der Waals surface area (Å²) >= 11 is 1.85. The summed E-state index contributed by atoms with van der Waals surface area (Å²) in [6.45, 7) is 7.52. The zero-order valence-corrected chi connectivity index (χ0v) is 11.8. The van der Waals surface area contributed by atoms with Crippen molar-refractivity contribution < 1.29 is 5.11 Å². The fourth-order valence-electron chi connectivity index (χ4n) is 1.60. The van der Waals surface area contributed by atoms with Gasteiger partial charge in [-0.05, 0) is 35.9 Å². The molecule has 1 atom stereocenters. The van der Waals surface area contributed by atoms with Crippen LogP contribution < -0.4 is 5.32 Å². The van der Waals surface area contributed by atoms with Crippen molar-refractivity contribution in [1.29, 1.82) is 0 Å². The molecule has 1 rings (SSSR count). The quantitative estimate of drug-likeness (QED) is 0.730. The van der Waals surface area contributed by atoms with Crippen LogP contribution in [0.2, 0.25) is 0 Å². The Morgan fingerprint density at radius 3 is 2.35 bits per heavy atom. The molecule has 1 aromatic rings. The lowest BCUT2D eigenvalue weighted by Crippen LogP contribution is -2.22. The molecule has 0 heterocycles. The molecule has 2 N–H and O–H groups in total. The van der Waals surface area contributed by atoms with Gasteiger partial charge in [0.25, 0.3) is 0 Å². The maximum absolute atomic E-state index is 9.25. The van der Waals surface area contributed by atoms with Crippen LogP contribution in [0.25, 0.3) is 0 Å². The molecule has 0 radical (unpaired) electrons. The van der Waals surface area contributed by atoms with Gasteiger partial charge in [0.15, 0.2) is 0 Å². The summed E-state index contributed by atoms with van der Waals surface area (Å²) in [4.78, 5) is 1.31. The second kappa shape index (κ2) is 7.62. The van der Waals surface area contributed by atoms with Crippen LogP contribution in [-0.2, 0) is 0 Å². The van der Waals surface area contributed by atoms with Gasteiger partial charge in [-0.2, -0.15) is 0 Å². The lowest BCUT2D eigenvalue weighted by molar-refractivity contribution is 0.198. The van der Waals surface area contributed by atoms with E-state index < -0.39 is 0 Å². The molecule has 0 amide bonds. The third-order valence-electron chi connectivity index (χ3n) is 2.91. The van der Waals surface area contributed by atoms with Gasteiger partial charge in [-0.25, -0.2) is 0 Å². The Balaban J connectivity index is 2.46. The summed E-state index contributed by atoms with van der Waals surface area (Å²) < 4.78 is 0.